The SMILES string of the molecule is CCN(CC)C[C@@H]1[C@@H](c2ccccc2)[C@@]2(c3ccc(C#N)cc3)Oc3cc(C#N)nc(OC)c3[C@@H]2C1(O)O. The lowest BCUT2D eigenvalue weighted by Gasteiger charge is -2.38. The van der Waals surface area contributed by atoms with Gasteiger partial charge in [0.1, 0.15) is 17.5 Å². The molecule has 0 saturated heterocycles. The van der Waals surface area contributed by atoms with E-state index < -0.39 is 29.1 Å². The van der Waals surface area contributed by atoms with Crippen molar-refractivity contribution in [2.45, 2.75) is 37.1 Å². The largest absolute Gasteiger partial charge is 0.481 e. The molecule has 1 aliphatic heterocycles. The Balaban J connectivity index is 1.84. The van der Waals surface area contributed by atoms with Gasteiger partial charge in [-0.3, -0.25) is 0 Å². The summed E-state index contributed by atoms with van der Waals surface area (Å²) in [6.45, 7) is 6.00. The third-order valence-corrected chi connectivity index (χ3v) is 8.10. The minimum absolute atomic E-state index is 0.105. The molecule has 0 bridgehead atoms. The minimum atomic E-state index is -2.23. The van der Waals surface area contributed by atoms with Crippen molar-refractivity contribution >= 4 is 0 Å². The van der Waals surface area contributed by atoms with Gasteiger partial charge in [0.2, 0.25) is 5.88 Å². The highest BCUT2D eigenvalue weighted by atomic mass is 16.5. The van der Waals surface area contributed by atoms with Crippen LogP contribution >= 0.6 is 0 Å². The summed E-state index contributed by atoms with van der Waals surface area (Å²) in [6.07, 6.45) is 0. The van der Waals surface area contributed by atoms with Crippen LogP contribution in [0.25, 0.3) is 0 Å². The number of ether oxygens (including phenoxy) is 2. The zero-order valence-corrected chi connectivity index (χ0v) is 21.6. The Labute approximate surface area is 222 Å². The maximum atomic E-state index is 12.2. The molecule has 2 aliphatic rings. The van der Waals surface area contributed by atoms with Gasteiger partial charge in [0.15, 0.2) is 11.4 Å². The average Bonchev–Trinajstić information content (AvgIpc) is 3.39. The first-order valence-electron chi connectivity index (χ1n) is 12.8. The number of benzene rings is 2. The molecule has 0 amide bonds. The number of nitrogens with zero attached hydrogens (tertiary/aromatic N) is 4. The smallest absolute Gasteiger partial charge is 0.221 e. The number of methoxy groups -OCH3 is 1. The molecule has 5 rings (SSSR count). The number of hydrogen-bond acceptors (Lipinski definition) is 8. The molecule has 8 nitrogen and oxygen atoms in total. The summed E-state index contributed by atoms with van der Waals surface area (Å²) in [6, 6.07) is 22.5. The van der Waals surface area contributed by atoms with Gasteiger partial charge < -0.3 is 24.6 Å². The van der Waals surface area contributed by atoms with E-state index in [1.807, 2.05) is 62.4 Å². The van der Waals surface area contributed by atoms with Gasteiger partial charge in [-0.1, -0.05) is 56.3 Å². The summed E-state index contributed by atoms with van der Waals surface area (Å²) < 4.78 is 12.5. The number of hydrogen-bond donors (Lipinski definition) is 2. The minimum Gasteiger partial charge on any atom is -0.481 e. The molecule has 38 heavy (non-hydrogen) atoms. The standard InChI is InChI=1S/C30H30N4O4/c1-4-34(5-2)18-23-26(20-9-7-6-8-10-20)29(21-13-11-19(16-31)12-14-21)27(30(23,35)36)25-24(38-29)15-22(17-32)33-28(25)37-3/h6-15,23,26-27,35-36H,4-5,18H2,1-3H3/t23-,26-,27+,29-/m1/s1. The lowest BCUT2D eigenvalue weighted by atomic mass is 9.73. The van der Waals surface area contributed by atoms with Crippen molar-refractivity contribution in [3.63, 3.8) is 0 Å². The Hall–Kier alpha value is -3.95. The summed E-state index contributed by atoms with van der Waals surface area (Å²) in [5.74, 6) is -3.91. The van der Waals surface area contributed by atoms with E-state index in [-0.39, 0.29) is 11.6 Å². The van der Waals surface area contributed by atoms with Crippen molar-refractivity contribution in [2.24, 2.45) is 5.92 Å². The fraction of sp³-hybridized carbons (Fsp3) is 0.367. The molecule has 2 aromatic carbocycles. The van der Waals surface area contributed by atoms with E-state index in [0.717, 1.165) is 18.7 Å². The quantitative estimate of drug-likeness (QED) is 0.462. The summed E-state index contributed by atoms with van der Waals surface area (Å²) in [7, 11) is 1.44. The van der Waals surface area contributed by atoms with E-state index in [2.05, 4.69) is 16.0 Å². The van der Waals surface area contributed by atoms with Gasteiger partial charge in [-0.2, -0.15) is 10.5 Å². The average molecular weight is 511 g/mol. The molecule has 1 saturated carbocycles. The molecular formula is C30H30N4O4. The summed E-state index contributed by atoms with van der Waals surface area (Å²) >= 11 is 0. The van der Waals surface area contributed by atoms with Crippen molar-refractivity contribution in [3.8, 4) is 23.8 Å². The molecule has 3 aromatic rings. The molecule has 4 atom stereocenters. The van der Waals surface area contributed by atoms with E-state index >= 15 is 0 Å². The van der Waals surface area contributed by atoms with Gasteiger partial charge in [-0.05, 0) is 36.3 Å². The highest BCUT2D eigenvalue weighted by Crippen LogP contribution is 2.70. The molecule has 194 valence electrons. The van der Waals surface area contributed by atoms with Gasteiger partial charge in [-0.15, -0.1) is 0 Å². The van der Waals surface area contributed by atoms with Crippen LogP contribution in [0, 0.1) is 28.6 Å². The Morgan fingerprint density at radius 3 is 2.29 bits per heavy atom. The van der Waals surface area contributed by atoms with E-state index in [1.165, 1.54) is 13.2 Å². The first-order valence-corrected chi connectivity index (χ1v) is 12.8. The van der Waals surface area contributed by atoms with Gasteiger partial charge in [0, 0.05) is 24.4 Å². The van der Waals surface area contributed by atoms with Crippen LogP contribution in [0.4, 0.5) is 0 Å². The fourth-order valence-electron chi connectivity index (χ4n) is 6.41. The molecule has 1 aliphatic carbocycles. The van der Waals surface area contributed by atoms with Crippen LogP contribution < -0.4 is 9.47 Å². The Morgan fingerprint density at radius 2 is 1.71 bits per heavy atom. The van der Waals surface area contributed by atoms with Crippen LogP contribution in [0.15, 0.2) is 60.7 Å². The maximum Gasteiger partial charge on any atom is 0.221 e. The number of aliphatic hydroxyl groups is 2. The van der Waals surface area contributed by atoms with Crippen LogP contribution in [0.5, 0.6) is 11.6 Å². The third kappa shape index (κ3) is 3.73. The molecule has 0 radical (unpaired) electrons. The van der Waals surface area contributed by atoms with Gasteiger partial charge in [-0.25, -0.2) is 4.98 Å². The van der Waals surface area contributed by atoms with E-state index in [9.17, 15) is 20.7 Å². The van der Waals surface area contributed by atoms with Crippen LogP contribution in [-0.2, 0) is 5.60 Å². The van der Waals surface area contributed by atoms with Crippen molar-refractivity contribution in [3.05, 3.63) is 88.6 Å². The van der Waals surface area contributed by atoms with Crippen LogP contribution in [0.1, 0.15) is 53.6 Å². The van der Waals surface area contributed by atoms with Crippen molar-refractivity contribution in [1.29, 1.82) is 10.5 Å². The second-order valence-electron chi connectivity index (χ2n) is 9.82. The first kappa shape index (κ1) is 25.7. The molecule has 2 N–H and O–H groups in total. The highest BCUT2D eigenvalue weighted by molar-refractivity contribution is 5.59. The number of pyridine rings is 1. The van der Waals surface area contributed by atoms with E-state index in [1.54, 1.807) is 12.1 Å². The molecule has 1 fully saturated rings. The summed E-state index contributed by atoms with van der Waals surface area (Å²) in [5, 5.41) is 43.4. The number of rotatable bonds is 7. The molecular weight excluding hydrogens is 480 g/mol. The first-order chi connectivity index (χ1) is 18.3. The predicted molar refractivity (Wildman–Crippen MR) is 139 cm³/mol. The van der Waals surface area contributed by atoms with Crippen molar-refractivity contribution in [1.82, 2.24) is 9.88 Å². The zero-order chi connectivity index (χ0) is 27.1. The van der Waals surface area contributed by atoms with Crippen LogP contribution in [-0.4, -0.2) is 52.6 Å². The third-order valence-electron chi connectivity index (χ3n) is 8.10. The second kappa shape index (κ2) is 9.74. The van der Waals surface area contributed by atoms with Crippen LogP contribution in [0.2, 0.25) is 0 Å². The summed E-state index contributed by atoms with van der Waals surface area (Å²) in [5.41, 5.74) is 1.32. The van der Waals surface area contributed by atoms with Gasteiger partial charge >= 0.3 is 0 Å². The molecule has 8 heteroatoms. The molecule has 1 aromatic heterocycles. The lowest BCUT2D eigenvalue weighted by molar-refractivity contribution is -0.205. The normalized spacial score (nSPS) is 24.7. The molecule has 2 heterocycles. The van der Waals surface area contributed by atoms with E-state index in [0.29, 0.717) is 29.0 Å². The lowest BCUT2D eigenvalue weighted by Crippen LogP contribution is -2.45. The molecule has 0 unspecified atom stereocenters. The topological polar surface area (TPSA) is 123 Å². The highest BCUT2D eigenvalue weighted by Gasteiger charge is 2.74. The Morgan fingerprint density at radius 1 is 1.03 bits per heavy atom. The fourth-order valence-corrected chi connectivity index (χ4v) is 6.41. The van der Waals surface area contributed by atoms with Gasteiger partial charge in [0.05, 0.1) is 30.2 Å². The Bertz CT molecular complexity index is 1410. The maximum absolute atomic E-state index is 12.2. The van der Waals surface area contributed by atoms with Crippen LogP contribution in [0.3, 0.4) is 0 Å². The predicted octanol–water partition coefficient (Wildman–Crippen LogP) is 3.64. The second-order valence-corrected chi connectivity index (χ2v) is 9.82. The Kier molecular flexibility index (Phi) is 6.58. The van der Waals surface area contributed by atoms with Crippen molar-refractivity contribution < 1.29 is 19.7 Å². The monoisotopic (exact) mass is 510 g/mol. The number of nitriles is 2. The molecule has 0 spiro atoms. The van der Waals surface area contributed by atoms with Gasteiger partial charge in [0.25, 0.3) is 0 Å². The summed E-state index contributed by atoms with van der Waals surface area (Å²) in [4.78, 5) is 6.51. The number of aromatic nitrogens is 1. The van der Waals surface area contributed by atoms with Crippen molar-refractivity contribution in [2.75, 3.05) is 26.7 Å². The number of fused-ring (bicyclic) bond motifs is 3. The zero-order valence-electron chi connectivity index (χ0n) is 21.6. The van der Waals surface area contributed by atoms with E-state index in [4.69, 9.17) is 9.47 Å².